The Morgan fingerprint density at radius 2 is 1.92 bits per heavy atom. The molecule has 1 aromatic heterocycles. The Morgan fingerprint density at radius 3 is 2.54 bits per heavy atom. The SMILES string of the molecule is Cc1cc(C)cc(Nc2nncc(N(C)C3CCS(=O)(=O)C3)n2)c1. The number of nitrogens with one attached hydrogen (secondary N) is 1. The first-order valence-corrected chi connectivity index (χ1v) is 9.63. The summed E-state index contributed by atoms with van der Waals surface area (Å²) in [5.74, 6) is 1.39. The first-order chi connectivity index (χ1) is 11.3. The van der Waals surface area contributed by atoms with E-state index in [1.54, 1.807) is 6.20 Å². The van der Waals surface area contributed by atoms with Gasteiger partial charge in [-0.25, -0.2) is 8.42 Å². The van der Waals surface area contributed by atoms with E-state index >= 15 is 0 Å². The summed E-state index contributed by atoms with van der Waals surface area (Å²) in [6, 6.07) is 6.04. The second kappa shape index (κ2) is 6.35. The van der Waals surface area contributed by atoms with E-state index in [0.717, 1.165) is 16.8 Å². The van der Waals surface area contributed by atoms with Gasteiger partial charge in [0.05, 0.1) is 17.7 Å². The highest BCUT2D eigenvalue weighted by Gasteiger charge is 2.31. The molecule has 1 unspecified atom stereocenters. The number of aromatic nitrogens is 3. The minimum atomic E-state index is -2.94. The average Bonchev–Trinajstić information content (AvgIpc) is 2.86. The fourth-order valence-electron chi connectivity index (χ4n) is 2.96. The van der Waals surface area contributed by atoms with E-state index in [2.05, 4.69) is 26.6 Å². The van der Waals surface area contributed by atoms with E-state index in [1.807, 2.05) is 37.9 Å². The maximum absolute atomic E-state index is 11.7. The number of hydrogen-bond donors (Lipinski definition) is 1. The minimum absolute atomic E-state index is 0.0687. The highest BCUT2D eigenvalue weighted by atomic mass is 32.2. The molecule has 0 radical (unpaired) electrons. The summed E-state index contributed by atoms with van der Waals surface area (Å²) in [6.45, 7) is 4.06. The summed E-state index contributed by atoms with van der Waals surface area (Å²) in [5, 5.41) is 11.2. The van der Waals surface area contributed by atoms with Crippen molar-refractivity contribution in [2.24, 2.45) is 0 Å². The van der Waals surface area contributed by atoms with Gasteiger partial charge in [-0.05, 0) is 43.5 Å². The van der Waals surface area contributed by atoms with Gasteiger partial charge in [-0.15, -0.1) is 5.10 Å². The number of anilines is 3. The third-order valence-corrected chi connectivity index (χ3v) is 5.89. The monoisotopic (exact) mass is 347 g/mol. The van der Waals surface area contributed by atoms with Crippen LogP contribution in [0.25, 0.3) is 0 Å². The van der Waals surface area contributed by atoms with Gasteiger partial charge in [0.15, 0.2) is 15.7 Å². The van der Waals surface area contributed by atoms with Gasteiger partial charge in [-0.1, -0.05) is 6.07 Å². The topological polar surface area (TPSA) is 88.1 Å². The van der Waals surface area contributed by atoms with Crippen molar-refractivity contribution in [2.75, 3.05) is 28.8 Å². The molecule has 128 valence electrons. The lowest BCUT2D eigenvalue weighted by Crippen LogP contribution is -2.33. The molecule has 0 aliphatic carbocycles. The third kappa shape index (κ3) is 3.81. The molecule has 1 aliphatic rings. The van der Waals surface area contributed by atoms with E-state index in [9.17, 15) is 8.42 Å². The van der Waals surface area contributed by atoms with Crippen LogP contribution in [-0.4, -0.2) is 48.2 Å². The van der Waals surface area contributed by atoms with Crippen LogP contribution in [0.5, 0.6) is 0 Å². The maximum Gasteiger partial charge on any atom is 0.249 e. The predicted molar refractivity (Wildman–Crippen MR) is 94.5 cm³/mol. The smallest absolute Gasteiger partial charge is 0.249 e. The lowest BCUT2D eigenvalue weighted by Gasteiger charge is -2.24. The Balaban J connectivity index is 1.79. The molecule has 24 heavy (non-hydrogen) atoms. The number of aryl methyl sites for hydroxylation is 2. The number of rotatable bonds is 4. The quantitative estimate of drug-likeness (QED) is 0.903. The van der Waals surface area contributed by atoms with Crippen molar-refractivity contribution in [1.82, 2.24) is 15.2 Å². The van der Waals surface area contributed by atoms with Crippen molar-refractivity contribution < 1.29 is 8.42 Å². The highest BCUT2D eigenvalue weighted by molar-refractivity contribution is 7.91. The minimum Gasteiger partial charge on any atom is -0.354 e. The Bertz CT molecular complexity index is 833. The summed E-state index contributed by atoms with van der Waals surface area (Å²) in [7, 11) is -1.09. The maximum atomic E-state index is 11.7. The number of nitrogens with zero attached hydrogens (tertiary/aromatic N) is 4. The highest BCUT2D eigenvalue weighted by Crippen LogP contribution is 2.22. The van der Waals surface area contributed by atoms with Gasteiger partial charge in [0.25, 0.3) is 0 Å². The Hall–Kier alpha value is -2.22. The van der Waals surface area contributed by atoms with Crippen molar-refractivity contribution in [1.29, 1.82) is 0 Å². The van der Waals surface area contributed by atoms with Crippen molar-refractivity contribution in [3.8, 4) is 0 Å². The molecule has 7 nitrogen and oxygen atoms in total. The number of benzene rings is 1. The van der Waals surface area contributed by atoms with Crippen LogP contribution in [0.3, 0.4) is 0 Å². The fraction of sp³-hybridized carbons (Fsp3) is 0.438. The van der Waals surface area contributed by atoms with Gasteiger partial charge in [0, 0.05) is 18.8 Å². The van der Waals surface area contributed by atoms with Crippen LogP contribution in [-0.2, 0) is 9.84 Å². The molecule has 1 N–H and O–H groups in total. The molecule has 3 rings (SSSR count). The van der Waals surface area contributed by atoms with Crippen LogP contribution in [0.4, 0.5) is 17.5 Å². The molecule has 2 heterocycles. The second-order valence-corrected chi connectivity index (χ2v) is 8.54. The van der Waals surface area contributed by atoms with E-state index in [1.165, 1.54) is 0 Å². The molecule has 0 saturated carbocycles. The van der Waals surface area contributed by atoms with Gasteiger partial charge in [-0.2, -0.15) is 10.1 Å². The van der Waals surface area contributed by atoms with Crippen LogP contribution in [0.15, 0.2) is 24.4 Å². The Kier molecular flexibility index (Phi) is 4.40. The van der Waals surface area contributed by atoms with Gasteiger partial charge in [0.1, 0.15) is 0 Å². The van der Waals surface area contributed by atoms with E-state index in [0.29, 0.717) is 18.2 Å². The van der Waals surface area contributed by atoms with Crippen LogP contribution in [0, 0.1) is 13.8 Å². The zero-order valence-electron chi connectivity index (χ0n) is 14.0. The van der Waals surface area contributed by atoms with E-state index in [4.69, 9.17) is 0 Å². The van der Waals surface area contributed by atoms with Gasteiger partial charge in [0.2, 0.25) is 5.95 Å². The normalized spacial score (nSPS) is 19.2. The molecule has 1 fully saturated rings. The average molecular weight is 347 g/mol. The molecule has 1 aliphatic heterocycles. The van der Waals surface area contributed by atoms with Crippen molar-refractivity contribution in [2.45, 2.75) is 26.3 Å². The molecule has 0 bridgehead atoms. The number of sulfone groups is 1. The van der Waals surface area contributed by atoms with Gasteiger partial charge in [-0.3, -0.25) is 0 Å². The lowest BCUT2D eigenvalue weighted by atomic mass is 10.1. The molecule has 1 atom stereocenters. The fourth-order valence-corrected chi connectivity index (χ4v) is 4.74. The summed E-state index contributed by atoms with van der Waals surface area (Å²) < 4.78 is 23.3. The van der Waals surface area contributed by atoms with Gasteiger partial charge < -0.3 is 10.2 Å². The van der Waals surface area contributed by atoms with E-state index < -0.39 is 9.84 Å². The lowest BCUT2D eigenvalue weighted by molar-refractivity contribution is 0.600. The van der Waals surface area contributed by atoms with Crippen molar-refractivity contribution in [3.63, 3.8) is 0 Å². The standard InChI is InChI=1S/C16H21N5O2S/c1-11-6-12(2)8-13(7-11)18-16-19-15(9-17-20-16)21(3)14-4-5-24(22,23)10-14/h6-9,14H,4-5,10H2,1-3H3,(H,18,19,20). The molecule has 2 aromatic rings. The summed E-state index contributed by atoms with van der Waals surface area (Å²) in [5.41, 5.74) is 3.20. The zero-order chi connectivity index (χ0) is 17.3. The van der Waals surface area contributed by atoms with Crippen molar-refractivity contribution >= 4 is 27.3 Å². The largest absolute Gasteiger partial charge is 0.354 e. The third-order valence-electron chi connectivity index (χ3n) is 4.14. The van der Waals surface area contributed by atoms with Gasteiger partial charge >= 0.3 is 0 Å². The molecular weight excluding hydrogens is 326 g/mol. The first-order valence-electron chi connectivity index (χ1n) is 7.81. The van der Waals surface area contributed by atoms with Crippen LogP contribution >= 0.6 is 0 Å². The van der Waals surface area contributed by atoms with E-state index in [-0.39, 0.29) is 17.5 Å². The number of hydrogen-bond acceptors (Lipinski definition) is 7. The molecule has 1 saturated heterocycles. The molecule has 1 aromatic carbocycles. The van der Waals surface area contributed by atoms with Crippen LogP contribution < -0.4 is 10.2 Å². The Labute approximate surface area is 142 Å². The summed E-state index contributed by atoms with van der Waals surface area (Å²) in [6.07, 6.45) is 2.17. The van der Waals surface area contributed by atoms with Crippen LogP contribution in [0.2, 0.25) is 0 Å². The second-order valence-electron chi connectivity index (χ2n) is 6.31. The van der Waals surface area contributed by atoms with Crippen LogP contribution in [0.1, 0.15) is 17.5 Å². The van der Waals surface area contributed by atoms with Crippen molar-refractivity contribution in [3.05, 3.63) is 35.5 Å². The Morgan fingerprint density at radius 1 is 1.21 bits per heavy atom. The molecular formula is C16H21N5O2S. The zero-order valence-corrected chi connectivity index (χ0v) is 14.8. The first kappa shape index (κ1) is 16.6. The molecule has 0 spiro atoms. The molecule has 8 heteroatoms. The summed E-state index contributed by atoms with van der Waals surface area (Å²) >= 11 is 0. The summed E-state index contributed by atoms with van der Waals surface area (Å²) in [4.78, 5) is 6.33. The predicted octanol–water partition coefficient (Wildman–Crippen LogP) is 1.86. The molecule has 0 amide bonds.